The van der Waals surface area contributed by atoms with E-state index in [0.717, 1.165) is 12.2 Å². The maximum Gasteiger partial charge on any atom is 0.0604 e. The van der Waals surface area contributed by atoms with E-state index in [0.29, 0.717) is 11.4 Å². The van der Waals surface area contributed by atoms with Gasteiger partial charge in [-0.15, -0.1) is 0 Å². The lowest BCUT2D eigenvalue weighted by Crippen LogP contribution is -2.28. The molecule has 4 heteroatoms. The second-order valence-electron chi connectivity index (χ2n) is 3.59. The van der Waals surface area contributed by atoms with Crippen LogP contribution < -0.4 is 4.90 Å². The summed E-state index contributed by atoms with van der Waals surface area (Å²) in [6.07, 6.45) is 1.83. The molecule has 0 aliphatic rings. The Labute approximate surface area is 99.6 Å². The molecule has 1 rings (SSSR count). The Morgan fingerprint density at radius 2 is 2.33 bits per heavy atom. The Balaban J connectivity index is 2.56. The molecule has 0 bridgehead atoms. The SMILES string of the molecule is COCC(Br)CN(C)c1ccnc(C)c1. The minimum atomic E-state index is 0.348. The van der Waals surface area contributed by atoms with Crippen molar-refractivity contribution in [3.63, 3.8) is 0 Å². The van der Waals surface area contributed by atoms with Crippen LogP contribution in [0.25, 0.3) is 0 Å². The summed E-state index contributed by atoms with van der Waals surface area (Å²) < 4.78 is 5.08. The van der Waals surface area contributed by atoms with E-state index in [-0.39, 0.29) is 0 Å². The molecule has 1 unspecified atom stereocenters. The van der Waals surface area contributed by atoms with Gasteiger partial charge in [0.2, 0.25) is 0 Å². The number of aryl methyl sites for hydroxylation is 1. The molecule has 1 aromatic rings. The van der Waals surface area contributed by atoms with E-state index < -0.39 is 0 Å². The minimum Gasteiger partial charge on any atom is -0.383 e. The number of rotatable bonds is 5. The minimum absolute atomic E-state index is 0.348. The lowest BCUT2D eigenvalue weighted by atomic mass is 10.3. The van der Waals surface area contributed by atoms with E-state index >= 15 is 0 Å². The summed E-state index contributed by atoms with van der Waals surface area (Å²) in [7, 11) is 3.78. The Hall–Kier alpha value is -0.610. The van der Waals surface area contributed by atoms with Crippen molar-refractivity contribution < 1.29 is 4.74 Å². The second-order valence-corrected chi connectivity index (χ2v) is 4.88. The van der Waals surface area contributed by atoms with Crippen molar-refractivity contribution in [1.29, 1.82) is 0 Å². The van der Waals surface area contributed by atoms with Crippen LogP contribution in [0, 0.1) is 6.92 Å². The van der Waals surface area contributed by atoms with Gasteiger partial charge in [0.1, 0.15) is 0 Å². The van der Waals surface area contributed by atoms with Gasteiger partial charge in [-0.25, -0.2) is 0 Å². The average Bonchev–Trinajstić information content (AvgIpc) is 2.18. The fourth-order valence-electron chi connectivity index (χ4n) is 1.40. The van der Waals surface area contributed by atoms with Gasteiger partial charge in [-0.3, -0.25) is 4.98 Å². The first kappa shape index (κ1) is 12.5. The zero-order chi connectivity index (χ0) is 11.3. The van der Waals surface area contributed by atoms with E-state index in [4.69, 9.17) is 4.74 Å². The summed E-state index contributed by atoms with van der Waals surface area (Å²) in [5, 5.41) is 0. The molecule has 0 fully saturated rings. The molecule has 3 nitrogen and oxygen atoms in total. The van der Waals surface area contributed by atoms with Crippen molar-refractivity contribution in [1.82, 2.24) is 4.98 Å². The van der Waals surface area contributed by atoms with Crippen LogP contribution in [0.2, 0.25) is 0 Å². The number of hydrogen-bond acceptors (Lipinski definition) is 3. The number of aromatic nitrogens is 1. The third-order valence-electron chi connectivity index (χ3n) is 2.14. The van der Waals surface area contributed by atoms with Gasteiger partial charge in [-0.05, 0) is 19.1 Å². The monoisotopic (exact) mass is 272 g/mol. The summed E-state index contributed by atoms with van der Waals surface area (Å²) in [5.74, 6) is 0. The van der Waals surface area contributed by atoms with Gasteiger partial charge in [0.25, 0.3) is 0 Å². The third kappa shape index (κ3) is 4.18. The van der Waals surface area contributed by atoms with Crippen LogP contribution in [-0.2, 0) is 4.74 Å². The lowest BCUT2D eigenvalue weighted by molar-refractivity contribution is 0.202. The highest BCUT2D eigenvalue weighted by atomic mass is 79.9. The number of halogens is 1. The molecule has 0 aliphatic carbocycles. The largest absolute Gasteiger partial charge is 0.383 e. The molecule has 0 saturated carbocycles. The first-order valence-electron chi connectivity index (χ1n) is 4.90. The first-order chi connectivity index (χ1) is 7.13. The van der Waals surface area contributed by atoms with Gasteiger partial charge in [-0.1, -0.05) is 15.9 Å². The Bertz CT molecular complexity index is 306. The molecule has 15 heavy (non-hydrogen) atoms. The number of anilines is 1. The molecule has 1 atom stereocenters. The maximum absolute atomic E-state index is 5.08. The summed E-state index contributed by atoms with van der Waals surface area (Å²) in [6, 6.07) is 4.09. The fourth-order valence-corrected chi connectivity index (χ4v) is 2.10. The van der Waals surface area contributed by atoms with E-state index in [1.165, 1.54) is 5.69 Å². The Kier molecular flexibility index (Phi) is 5.05. The molecular formula is C11H17BrN2O. The second kappa shape index (κ2) is 6.08. The van der Waals surface area contributed by atoms with Crippen LogP contribution in [-0.4, -0.2) is 37.1 Å². The first-order valence-corrected chi connectivity index (χ1v) is 5.82. The van der Waals surface area contributed by atoms with Crippen molar-refractivity contribution in [3.05, 3.63) is 24.0 Å². The third-order valence-corrected chi connectivity index (χ3v) is 2.69. The molecule has 0 amide bonds. The van der Waals surface area contributed by atoms with Crippen LogP contribution in [0.5, 0.6) is 0 Å². The van der Waals surface area contributed by atoms with Gasteiger partial charge in [0, 0.05) is 38.3 Å². The quantitative estimate of drug-likeness (QED) is 0.769. The molecule has 0 aliphatic heterocycles. The zero-order valence-corrected chi connectivity index (χ0v) is 11.0. The highest BCUT2D eigenvalue weighted by Gasteiger charge is 2.08. The van der Waals surface area contributed by atoms with Gasteiger partial charge in [0.15, 0.2) is 0 Å². The molecule has 0 aromatic carbocycles. The number of nitrogens with zero attached hydrogens (tertiary/aromatic N) is 2. The summed E-state index contributed by atoms with van der Waals surface area (Å²) in [5.41, 5.74) is 2.22. The van der Waals surface area contributed by atoms with E-state index in [1.807, 2.05) is 19.2 Å². The smallest absolute Gasteiger partial charge is 0.0604 e. The van der Waals surface area contributed by atoms with E-state index in [1.54, 1.807) is 7.11 Å². The summed E-state index contributed by atoms with van der Waals surface area (Å²) in [4.78, 5) is 6.71. The standard InChI is InChI=1S/C11H17BrN2O/c1-9-6-11(4-5-13-9)14(2)7-10(12)8-15-3/h4-6,10H,7-8H2,1-3H3. The predicted octanol–water partition coefficient (Wildman–Crippen LogP) is 2.24. The molecular weight excluding hydrogens is 256 g/mol. The molecule has 84 valence electrons. The van der Waals surface area contributed by atoms with Crippen molar-refractivity contribution in [2.75, 3.05) is 32.2 Å². The predicted molar refractivity (Wildman–Crippen MR) is 66.8 cm³/mol. The van der Waals surface area contributed by atoms with Gasteiger partial charge in [-0.2, -0.15) is 0 Å². The number of alkyl halides is 1. The van der Waals surface area contributed by atoms with Crippen molar-refractivity contribution in [3.8, 4) is 0 Å². The number of methoxy groups -OCH3 is 1. The van der Waals surface area contributed by atoms with Crippen molar-refractivity contribution in [2.45, 2.75) is 11.8 Å². The van der Waals surface area contributed by atoms with Crippen LogP contribution in [0.3, 0.4) is 0 Å². The highest BCUT2D eigenvalue weighted by Crippen LogP contribution is 2.14. The molecule has 0 spiro atoms. The molecule has 0 saturated heterocycles. The average molecular weight is 273 g/mol. The highest BCUT2D eigenvalue weighted by molar-refractivity contribution is 9.09. The van der Waals surface area contributed by atoms with Crippen LogP contribution in [0.15, 0.2) is 18.3 Å². The van der Waals surface area contributed by atoms with Crippen molar-refractivity contribution >= 4 is 21.6 Å². The summed E-state index contributed by atoms with van der Waals surface area (Å²) >= 11 is 3.57. The normalized spacial score (nSPS) is 12.5. The topological polar surface area (TPSA) is 25.4 Å². The van der Waals surface area contributed by atoms with Gasteiger partial charge in [0.05, 0.1) is 11.4 Å². The number of ether oxygens (including phenoxy) is 1. The maximum atomic E-state index is 5.08. The van der Waals surface area contributed by atoms with E-state index in [9.17, 15) is 0 Å². The Morgan fingerprint density at radius 1 is 1.60 bits per heavy atom. The van der Waals surface area contributed by atoms with Crippen LogP contribution in [0.4, 0.5) is 5.69 Å². The van der Waals surface area contributed by atoms with E-state index in [2.05, 4.69) is 38.9 Å². The molecule has 1 heterocycles. The van der Waals surface area contributed by atoms with Gasteiger partial charge < -0.3 is 9.64 Å². The molecule has 0 radical (unpaired) electrons. The van der Waals surface area contributed by atoms with Crippen molar-refractivity contribution in [2.24, 2.45) is 0 Å². The van der Waals surface area contributed by atoms with Crippen LogP contribution in [0.1, 0.15) is 5.69 Å². The fraction of sp³-hybridized carbons (Fsp3) is 0.545. The number of pyridine rings is 1. The number of hydrogen-bond donors (Lipinski definition) is 0. The summed E-state index contributed by atoms with van der Waals surface area (Å²) in [6.45, 7) is 3.63. The molecule has 1 aromatic heterocycles. The zero-order valence-electron chi connectivity index (χ0n) is 9.40. The Morgan fingerprint density at radius 3 is 2.93 bits per heavy atom. The van der Waals surface area contributed by atoms with Gasteiger partial charge >= 0.3 is 0 Å². The van der Waals surface area contributed by atoms with Crippen LogP contribution >= 0.6 is 15.9 Å². The lowest BCUT2D eigenvalue weighted by Gasteiger charge is -2.22. The molecule has 0 N–H and O–H groups in total.